The fourth-order valence-corrected chi connectivity index (χ4v) is 1.35. The third-order valence-electron chi connectivity index (χ3n) is 2.27. The maximum atomic E-state index is 12.1. The summed E-state index contributed by atoms with van der Waals surface area (Å²) in [7, 11) is 0. The third-order valence-corrected chi connectivity index (χ3v) is 2.27. The standard InChI is InChI=1S/C11H9F3O3/c12-11(13,14)9-8(17-9)10(15)16-6-7-4-2-1-3-5-7/h1-5,8-9H,6H2. The number of carbonyl (C=O) groups is 1. The maximum absolute atomic E-state index is 12.1. The minimum atomic E-state index is -4.50. The Hall–Kier alpha value is -1.56. The van der Waals surface area contributed by atoms with Crippen molar-refractivity contribution in [2.75, 3.05) is 0 Å². The van der Waals surface area contributed by atoms with Crippen molar-refractivity contribution in [3.8, 4) is 0 Å². The first-order valence-corrected chi connectivity index (χ1v) is 4.91. The SMILES string of the molecule is O=C(OCc1ccccc1)C1OC1C(F)(F)F. The number of epoxide rings is 1. The maximum Gasteiger partial charge on any atom is 0.417 e. The summed E-state index contributed by atoms with van der Waals surface area (Å²) in [5, 5.41) is 0. The monoisotopic (exact) mass is 246 g/mol. The van der Waals surface area contributed by atoms with E-state index >= 15 is 0 Å². The molecular formula is C11H9F3O3. The highest BCUT2D eigenvalue weighted by Gasteiger charge is 2.62. The highest BCUT2D eigenvalue weighted by molar-refractivity contribution is 5.78. The summed E-state index contributed by atoms with van der Waals surface area (Å²) in [6.45, 7) is -0.0515. The van der Waals surface area contributed by atoms with Gasteiger partial charge in [0.05, 0.1) is 0 Å². The topological polar surface area (TPSA) is 38.8 Å². The predicted molar refractivity (Wildman–Crippen MR) is 51.0 cm³/mol. The minimum Gasteiger partial charge on any atom is -0.459 e. The van der Waals surface area contributed by atoms with Crippen molar-refractivity contribution >= 4 is 5.97 Å². The lowest BCUT2D eigenvalue weighted by Crippen LogP contribution is -2.23. The highest BCUT2D eigenvalue weighted by Crippen LogP contribution is 2.38. The first-order chi connectivity index (χ1) is 7.98. The van der Waals surface area contributed by atoms with Gasteiger partial charge in [0.25, 0.3) is 0 Å². The fourth-order valence-electron chi connectivity index (χ4n) is 1.35. The van der Waals surface area contributed by atoms with Gasteiger partial charge in [0.15, 0.2) is 12.2 Å². The van der Waals surface area contributed by atoms with E-state index in [1.807, 2.05) is 0 Å². The molecule has 0 aromatic heterocycles. The van der Waals surface area contributed by atoms with Crippen LogP contribution in [0.25, 0.3) is 0 Å². The molecule has 1 aromatic rings. The summed E-state index contributed by atoms with van der Waals surface area (Å²) >= 11 is 0. The van der Waals surface area contributed by atoms with Gasteiger partial charge in [0.1, 0.15) is 6.61 Å². The molecule has 1 aliphatic rings. The van der Waals surface area contributed by atoms with E-state index in [1.165, 1.54) is 0 Å². The van der Waals surface area contributed by atoms with Crippen molar-refractivity contribution in [1.82, 2.24) is 0 Å². The number of alkyl halides is 3. The van der Waals surface area contributed by atoms with Crippen LogP contribution in [0.15, 0.2) is 30.3 Å². The van der Waals surface area contributed by atoms with Crippen LogP contribution in [0.5, 0.6) is 0 Å². The lowest BCUT2D eigenvalue weighted by Gasteiger charge is -2.03. The van der Waals surface area contributed by atoms with Crippen LogP contribution in [-0.2, 0) is 20.9 Å². The molecule has 0 amide bonds. The van der Waals surface area contributed by atoms with Crippen molar-refractivity contribution in [2.24, 2.45) is 0 Å². The van der Waals surface area contributed by atoms with E-state index in [1.54, 1.807) is 30.3 Å². The Balaban J connectivity index is 1.80. The zero-order chi connectivity index (χ0) is 12.5. The average Bonchev–Trinajstić information content (AvgIpc) is 3.06. The van der Waals surface area contributed by atoms with Crippen LogP contribution in [0.1, 0.15) is 5.56 Å². The first-order valence-electron chi connectivity index (χ1n) is 4.91. The normalized spacial score (nSPS) is 23.2. The molecule has 1 aliphatic heterocycles. The van der Waals surface area contributed by atoms with Crippen LogP contribution in [-0.4, -0.2) is 24.4 Å². The van der Waals surface area contributed by atoms with Gasteiger partial charge in [0.2, 0.25) is 0 Å². The van der Waals surface area contributed by atoms with E-state index in [9.17, 15) is 18.0 Å². The van der Waals surface area contributed by atoms with Gasteiger partial charge in [-0.05, 0) is 5.56 Å². The number of hydrogen-bond acceptors (Lipinski definition) is 3. The number of benzene rings is 1. The largest absolute Gasteiger partial charge is 0.459 e. The van der Waals surface area contributed by atoms with E-state index in [0.29, 0.717) is 5.56 Å². The Morgan fingerprint density at radius 1 is 1.29 bits per heavy atom. The summed E-state index contributed by atoms with van der Waals surface area (Å²) in [5.41, 5.74) is 0.713. The number of esters is 1. The van der Waals surface area contributed by atoms with Crippen molar-refractivity contribution in [1.29, 1.82) is 0 Å². The van der Waals surface area contributed by atoms with Crippen LogP contribution in [0.3, 0.4) is 0 Å². The van der Waals surface area contributed by atoms with Crippen molar-refractivity contribution < 1.29 is 27.4 Å². The van der Waals surface area contributed by atoms with Crippen LogP contribution in [0.4, 0.5) is 13.2 Å². The van der Waals surface area contributed by atoms with Gasteiger partial charge in [0, 0.05) is 0 Å². The Morgan fingerprint density at radius 2 is 1.94 bits per heavy atom. The second-order valence-electron chi connectivity index (χ2n) is 3.61. The van der Waals surface area contributed by atoms with Crippen LogP contribution < -0.4 is 0 Å². The summed E-state index contributed by atoms with van der Waals surface area (Å²) in [4.78, 5) is 11.2. The van der Waals surface area contributed by atoms with Crippen LogP contribution in [0, 0.1) is 0 Å². The lowest BCUT2D eigenvalue weighted by atomic mass is 10.2. The summed E-state index contributed by atoms with van der Waals surface area (Å²) < 4.78 is 45.2. The van der Waals surface area contributed by atoms with Gasteiger partial charge >= 0.3 is 12.1 Å². The zero-order valence-corrected chi connectivity index (χ0v) is 8.61. The second-order valence-corrected chi connectivity index (χ2v) is 3.61. The molecule has 0 radical (unpaired) electrons. The quantitative estimate of drug-likeness (QED) is 0.605. The zero-order valence-electron chi connectivity index (χ0n) is 8.61. The molecule has 3 nitrogen and oxygen atoms in total. The van der Waals surface area contributed by atoms with E-state index in [4.69, 9.17) is 4.74 Å². The van der Waals surface area contributed by atoms with E-state index in [2.05, 4.69) is 4.74 Å². The number of carbonyl (C=O) groups excluding carboxylic acids is 1. The van der Waals surface area contributed by atoms with Crippen molar-refractivity contribution in [2.45, 2.75) is 25.0 Å². The van der Waals surface area contributed by atoms with Crippen molar-refractivity contribution in [3.05, 3.63) is 35.9 Å². The summed E-state index contributed by atoms with van der Waals surface area (Å²) in [5.74, 6) is -0.976. The van der Waals surface area contributed by atoms with Gasteiger partial charge in [-0.3, -0.25) is 0 Å². The summed E-state index contributed by atoms with van der Waals surface area (Å²) in [6.07, 6.45) is -8.01. The van der Waals surface area contributed by atoms with Crippen molar-refractivity contribution in [3.63, 3.8) is 0 Å². The molecule has 2 rings (SSSR count). The molecular weight excluding hydrogens is 237 g/mol. The third kappa shape index (κ3) is 2.97. The molecule has 0 spiro atoms. The van der Waals surface area contributed by atoms with Gasteiger partial charge in [-0.25, -0.2) is 4.79 Å². The molecule has 0 saturated carbocycles. The Labute approximate surface area is 95.1 Å². The molecule has 0 bridgehead atoms. The van der Waals surface area contributed by atoms with Gasteiger partial charge in [-0.2, -0.15) is 13.2 Å². The number of ether oxygens (including phenoxy) is 2. The molecule has 1 saturated heterocycles. The molecule has 1 heterocycles. The lowest BCUT2D eigenvalue weighted by molar-refractivity contribution is -0.151. The van der Waals surface area contributed by atoms with E-state index in [-0.39, 0.29) is 6.61 Å². The number of hydrogen-bond donors (Lipinski definition) is 0. The number of rotatable bonds is 3. The molecule has 1 fully saturated rings. The molecule has 6 heteroatoms. The first kappa shape index (κ1) is 11.9. The molecule has 1 aromatic carbocycles. The molecule has 17 heavy (non-hydrogen) atoms. The van der Waals surface area contributed by atoms with Gasteiger partial charge in [-0.15, -0.1) is 0 Å². The molecule has 2 atom stereocenters. The highest BCUT2D eigenvalue weighted by atomic mass is 19.4. The fraction of sp³-hybridized carbons (Fsp3) is 0.364. The van der Waals surface area contributed by atoms with Gasteiger partial charge in [-0.1, -0.05) is 30.3 Å². The number of halogens is 3. The Bertz CT molecular complexity index is 402. The Kier molecular flexibility index (Phi) is 3.06. The van der Waals surface area contributed by atoms with E-state index < -0.39 is 24.4 Å². The van der Waals surface area contributed by atoms with Crippen LogP contribution >= 0.6 is 0 Å². The van der Waals surface area contributed by atoms with Crippen LogP contribution in [0.2, 0.25) is 0 Å². The molecule has 92 valence electrons. The predicted octanol–water partition coefficient (Wildman–Crippen LogP) is 2.06. The Morgan fingerprint density at radius 3 is 2.47 bits per heavy atom. The molecule has 0 aliphatic carbocycles. The molecule has 0 N–H and O–H groups in total. The minimum absolute atomic E-state index is 0.0515. The average molecular weight is 246 g/mol. The van der Waals surface area contributed by atoms with Gasteiger partial charge < -0.3 is 9.47 Å². The summed E-state index contributed by atoms with van der Waals surface area (Å²) in [6, 6.07) is 8.70. The smallest absolute Gasteiger partial charge is 0.417 e. The molecule has 2 unspecified atom stereocenters. The second kappa shape index (κ2) is 4.37. The van der Waals surface area contributed by atoms with E-state index in [0.717, 1.165) is 0 Å².